The molecule has 0 aliphatic rings. The highest BCUT2D eigenvalue weighted by atomic mass is 79.9. The van der Waals surface area contributed by atoms with E-state index in [-0.39, 0.29) is 11.3 Å². The average molecular weight is 517 g/mol. The Morgan fingerprint density at radius 2 is 2.00 bits per heavy atom. The number of nitro benzene ring substituents is 1. The molecule has 0 spiro atoms. The molecule has 1 N–H and O–H groups in total. The van der Waals surface area contributed by atoms with Crippen LogP contribution >= 0.6 is 15.9 Å². The molecule has 10 nitrogen and oxygen atoms in total. The Labute approximate surface area is 196 Å². The summed E-state index contributed by atoms with van der Waals surface area (Å²) in [5.41, 5.74) is -0.473. The number of halogens is 1. The van der Waals surface area contributed by atoms with Gasteiger partial charge in [-0.25, -0.2) is 9.78 Å². The standard InChI is InChI=1S/C22H21BrN4O6/c1-12(20(29)30)33-18-8-5-13(9-17(18)27(31)32)11-24-26-19(28)15-10-14(23)6-7-16(15)25-21(26)22(2,3)4/h5-12H,1-4H3,(H,29,30)/t12-/m0/s1. The van der Waals surface area contributed by atoms with Gasteiger partial charge in [0.25, 0.3) is 5.56 Å². The number of benzene rings is 2. The second-order valence-corrected chi connectivity index (χ2v) is 9.21. The lowest BCUT2D eigenvalue weighted by Gasteiger charge is -2.20. The van der Waals surface area contributed by atoms with Gasteiger partial charge in [0.1, 0.15) is 5.82 Å². The number of nitrogens with zero attached hydrogens (tertiary/aromatic N) is 4. The first-order valence-electron chi connectivity index (χ1n) is 9.83. The van der Waals surface area contributed by atoms with Crippen LogP contribution in [0.1, 0.15) is 39.1 Å². The number of rotatable bonds is 6. The number of carboxylic acids is 1. The van der Waals surface area contributed by atoms with E-state index < -0.39 is 28.1 Å². The predicted octanol–water partition coefficient (Wildman–Crippen LogP) is 4.10. The molecule has 3 aromatic rings. The SMILES string of the molecule is C[C@H](Oc1ccc(C=Nn2c(C(C)(C)C)nc3ccc(Br)cc3c2=O)cc1[N+](=O)[O-])C(=O)O. The fraction of sp³-hybridized carbons (Fsp3) is 0.273. The number of ether oxygens (including phenoxy) is 1. The Morgan fingerprint density at radius 1 is 1.30 bits per heavy atom. The molecule has 0 bridgehead atoms. The largest absolute Gasteiger partial charge is 0.479 e. The lowest BCUT2D eigenvalue weighted by atomic mass is 9.95. The molecular weight excluding hydrogens is 496 g/mol. The van der Waals surface area contributed by atoms with Gasteiger partial charge in [0.15, 0.2) is 11.9 Å². The summed E-state index contributed by atoms with van der Waals surface area (Å²) < 4.78 is 7.07. The van der Waals surface area contributed by atoms with Gasteiger partial charge in [-0.3, -0.25) is 14.9 Å². The maximum Gasteiger partial charge on any atom is 0.344 e. The van der Waals surface area contributed by atoms with Crippen molar-refractivity contribution in [1.29, 1.82) is 0 Å². The maximum absolute atomic E-state index is 13.2. The van der Waals surface area contributed by atoms with Crippen molar-refractivity contribution in [1.82, 2.24) is 9.66 Å². The van der Waals surface area contributed by atoms with Crippen molar-refractivity contribution in [2.75, 3.05) is 0 Å². The van der Waals surface area contributed by atoms with Crippen LogP contribution < -0.4 is 10.3 Å². The van der Waals surface area contributed by atoms with E-state index in [9.17, 15) is 19.7 Å². The van der Waals surface area contributed by atoms with Crippen LogP contribution in [0.25, 0.3) is 10.9 Å². The Morgan fingerprint density at radius 3 is 2.61 bits per heavy atom. The molecule has 1 aromatic heterocycles. The zero-order chi connectivity index (χ0) is 24.5. The Hall–Kier alpha value is -3.60. The highest BCUT2D eigenvalue weighted by Gasteiger charge is 2.24. The smallest absolute Gasteiger partial charge is 0.344 e. The fourth-order valence-electron chi connectivity index (χ4n) is 2.96. The van der Waals surface area contributed by atoms with Crippen molar-refractivity contribution < 1.29 is 19.6 Å². The molecule has 0 saturated carbocycles. The van der Waals surface area contributed by atoms with E-state index in [0.29, 0.717) is 22.3 Å². The quantitative estimate of drug-likeness (QED) is 0.295. The van der Waals surface area contributed by atoms with Gasteiger partial charge in [-0.15, -0.1) is 0 Å². The number of hydrogen-bond acceptors (Lipinski definition) is 7. The van der Waals surface area contributed by atoms with Crippen molar-refractivity contribution in [3.63, 3.8) is 0 Å². The zero-order valence-corrected chi connectivity index (χ0v) is 19.9. The number of nitro groups is 1. The number of carbonyl (C=O) groups is 1. The van der Waals surface area contributed by atoms with Crippen LogP contribution in [-0.2, 0) is 10.2 Å². The summed E-state index contributed by atoms with van der Waals surface area (Å²) in [5, 5.41) is 25.1. The topological polar surface area (TPSA) is 137 Å². The van der Waals surface area contributed by atoms with Gasteiger partial charge in [0.05, 0.1) is 22.0 Å². The van der Waals surface area contributed by atoms with E-state index in [1.54, 1.807) is 18.2 Å². The summed E-state index contributed by atoms with van der Waals surface area (Å²) in [4.78, 5) is 39.6. The molecule has 3 rings (SSSR count). The molecule has 0 radical (unpaired) electrons. The molecule has 0 amide bonds. The molecular formula is C22H21BrN4O6. The lowest BCUT2D eigenvalue weighted by Crippen LogP contribution is -2.29. The second-order valence-electron chi connectivity index (χ2n) is 8.29. The third-order valence-electron chi connectivity index (χ3n) is 4.63. The van der Waals surface area contributed by atoms with Crippen LogP contribution in [0.4, 0.5) is 5.69 Å². The Balaban J connectivity index is 2.11. The van der Waals surface area contributed by atoms with Gasteiger partial charge >= 0.3 is 11.7 Å². The second kappa shape index (κ2) is 9.10. The summed E-state index contributed by atoms with van der Waals surface area (Å²) in [6, 6.07) is 9.16. The van der Waals surface area contributed by atoms with Gasteiger partial charge in [0, 0.05) is 21.5 Å². The highest BCUT2D eigenvalue weighted by molar-refractivity contribution is 9.10. The van der Waals surface area contributed by atoms with Gasteiger partial charge in [-0.1, -0.05) is 36.7 Å². The van der Waals surface area contributed by atoms with Gasteiger partial charge < -0.3 is 9.84 Å². The minimum absolute atomic E-state index is 0.184. The van der Waals surface area contributed by atoms with Crippen LogP contribution in [0.5, 0.6) is 5.75 Å². The maximum atomic E-state index is 13.2. The first-order valence-corrected chi connectivity index (χ1v) is 10.6. The zero-order valence-electron chi connectivity index (χ0n) is 18.3. The molecule has 0 aliphatic carbocycles. The van der Waals surface area contributed by atoms with Crippen molar-refractivity contribution in [2.45, 2.75) is 39.2 Å². The lowest BCUT2D eigenvalue weighted by molar-refractivity contribution is -0.386. The average Bonchev–Trinajstić information content (AvgIpc) is 2.73. The Kier molecular flexibility index (Phi) is 6.63. The van der Waals surface area contributed by atoms with Gasteiger partial charge in [0.2, 0.25) is 0 Å². The van der Waals surface area contributed by atoms with Crippen LogP contribution in [0.3, 0.4) is 0 Å². The number of carboxylic acid groups (broad SMARTS) is 1. The van der Waals surface area contributed by atoms with Crippen molar-refractivity contribution >= 4 is 44.7 Å². The summed E-state index contributed by atoms with van der Waals surface area (Å²) >= 11 is 3.35. The summed E-state index contributed by atoms with van der Waals surface area (Å²) in [5.74, 6) is -1.01. The molecule has 0 fully saturated rings. The van der Waals surface area contributed by atoms with E-state index in [0.717, 1.165) is 4.47 Å². The summed E-state index contributed by atoms with van der Waals surface area (Å²) in [7, 11) is 0. The summed E-state index contributed by atoms with van der Waals surface area (Å²) in [6.07, 6.45) is 0.0404. The first-order chi connectivity index (χ1) is 15.4. The molecule has 2 aromatic carbocycles. The molecule has 33 heavy (non-hydrogen) atoms. The third kappa shape index (κ3) is 5.25. The number of aromatic nitrogens is 2. The monoisotopic (exact) mass is 516 g/mol. The van der Waals surface area contributed by atoms with Crippen LogP contribution in [-0.4, -0.2) is 38.0 Å². The Bertz CT molecular complexity index is 1340. The molecule has 0 saturated heterocycles. The minimum Gasteiger partial charge on any atom is -0.479 e. The van der Waals surface area contributed by atoms with Crippen LogP contribution in [0.15, 0.2) is 50.8 Å². The molecule has 0 unspecified atom stereocenters. The van der Waals surface area contributed by atoms with Gasteiger partial charge in [-0.2, -0.15) is 9.78 Å². The molecule has 172 valence electrons. The molecule has 1 heterocycles. The van der Waals surface area contributed by atoms with E-state index in [4.69, 9.17) is 9.84 Å². The first kappa shape index (κ1) is 24.1. The number of fused-ring (bicyclic) bond motifs is 1. The van der Waals surface area contributed by atoms with Crippen molar-refractivity contribution in [3.05, 3.63) is 72.7 Å². The van der Waals surface area contributed by atoms with Crippen molar-refractivity contribution in [2.24, 2.45) is 5.10 Å². The molecule has 11 heteroatoms. The van der Waals surface area contributed by atoms with E-state index in [1.807, 2.05) is 20.8 Å². The number of hydrogen-bond donors (Lipinski definition) is 1. The normalized spacial score (nSPS) is 12.8. The van der Waals surface area contributed by atoms with Crippen LogP contribution in [0, 0.1) is 10.1 Å². The van der Waals surface area contributed by atoms with Gasteiger partial charge in [-0.05, 0) is 37.3 Å². The summed E-state index contributed by atoms with van der Waals surface area (Å²) in [6.45, 7) is 6.96. The predicted molar refractivity (Wildman–Crippen MR) is 126 cm³/mol. The van der Waals surface area contributed by atoms with E-state index in [1.165, 1.54) is 36.0 Å². The van der Waals surface area contributed by atoms with Crippen LogP contribution in [0.2, 0.25) is 0 Å². The highest BCUT2D eigenvalue weighted by Crippen LogP contribution is 2.29. The van der Waals surface area contributed by atoms with E-state index >= 15 is 0 Å². The van der Waals surface area contributed by atoms with Crippen molar-refractivity contribution in [3.8, 4) is 5.75 Å². The molecule has 0 aliphatic heterocycles. The van der Waals surface area contributed by atoms with E-state index in [2.05, 4.69) is 26.0 Å². The molecule has 1 atom stereocenters. The third-order valence-corrected chi connectivity index (χ3v) is 5.13. The number of aliphatic carboxylic acids is 1. The fourth-order valence-corrected chi connectivity index (χ4v) is 3.32. The minimum atomic E-state index is -1.26.